The van der Waals surface area contributed by atoms with E-state index in [1.54, 1.807) is 11.9 Å². The van der Waals surface area contributed by atoms with Crippen LogP contribution in [-0.4, -0.2) is 59.0 Å². The van der Waals surface area contributed by atoms with Crippen molar-refractivity contribution >= 4 is 11.9 Å². The van der Waals surface area contributed by atoms with Gasteiger partial charge in [0.15, 0.2) is 0 Å². The molecule has 1 heterocycles. The maximum Gasteiger partial charge on any atom is 0.305 e. The van der Waals surface area contributed by atoms with Crippen LogP contribution in [-0.2, 0) is 9.59 Å². The number of carboxylic acids is 1. The highest BCUT2D eigenvalue weighted by atomic mass is 16.4. The lowest BCUT2D eigenvalue weighted by Gasteiger charge is -2.41. The monoisotopic (exact) mass is 228 g/mol. The SMILES string of the molecule is CCC(C)N1CC(CC(=O)O)N(C)CC1=O. The van der Waals surface area contributed by atoms with Crippen LogP contribution >= 0.6 is 0 Å². The Labute approximate surface area is 96.0 Å². The van der Waals surface area contributed by atoms with E-state index in [-0.39, 0.29) is 24.4 Å². The molecule has 5 heteroatoms. The number of hydrogen-bond donors (Lipinski definition) is 1. The Morgan fingerprint density at radius 1 is 1.62 bits per heavy atom. The Kier molecular flexibility index (Phi) is 4.29. The van der Waals surface area contributed by atoms with Gasteiger partial charge in [-0.15, -0.1) is 0 Å². The summed E-state index contributed by atoms with van der Waals surface area (Å²) < 4.78 is 0. The molecule has 0 aliphatic carbocycles. The largest absolute Gasteiger partial charge is 0.481 e. The standard InChI is InChI=1S/C11H20N2O3/c1-4-8(2)13-6-9(5-11(15)16)12(3)7-10(13)14/h8-9H,4-7H2,1-3H3,(H,15,16). The number of amides is 1. The van der Waals surface area contributed by atoms with E-state index in [0.29, 0.717) is 13.1 Å². The fraction of sp³-hybridized carbons (Fsp3) is 0.818. The van der Waals surface area contributed by atoms with E-state index in [2.05, 4.69) is 0 Å². The molecule has 0 spiro atoms. The highest BCUT2D eigenvalue weighted by Crippen LogP contribution is 2.16. The van der Waals surface area contributed by atoms with Crippen LogP contribution in [0, 0.1) is 0 Å². The Bertz CT molecular complexity index is 280. The van der Waals surface area contributed by atoms with E-state index in [9.17, 15) is 9.59 Å². The number of carbonyl (C=O) groups excluding carboxylic acids is 1. The first kappa shape index (κ1) is 13.0. The zero-order valence-corrected chi connectivity index (χ0v) is 10.1. The fourth-order valence-corrected chi connectivity index (χ4v) is 1.97. The van der Waals surface area contributed by atoms with Crippen molar-refractivity contribution < 1.29 is 14.7 Å². The van der Waals surface area contributed by atoms with Gasteiger partial charge in [0.05, 0.1) is 13.0 Å². The number of hydrogen-bond acceptors (Lipinski definition) is 3. The molecule has 16 heavy (non-hydrogen) atoms. The van der Waals surface area contributed by atoms with Crippen molar-refractivity contribution in [2.24, 2.45) is 0 Å². The van der Waals surface area contributed by atoms with Crippen LogP contribution in [0.5, 0.6) is 0 Å². The molecule has 2 unspecified atom stereocenters. The highest BCUT2D eigenvalue weighted by Gasteiger charge is 2.32. The van der Waals surface area contributed by atoms with E-state index in [4.69, 9.17) is 5.11 Å². The lowest BCUT2D eigenvalue weighted by atomic mass is 10.1. The quantitative estimate of drug-likeness (QED) is 0.756. The maximum atomic E-state index is 11.8. The molecule has 0 saturated carbocycles. The zero-order chi connectivity index (χ0) is 12.3. The molecule has 1 rings (SSSR count). The molecule has 1 N–H and O–H groups in total. The number of nitrogens with zero attached hydrogens (tertiary/aromatic N) is 2. The molecule has 1 aliphatic heterocycles. The van der Waals surface area contributed by atoms with Crippen LogP contribution in [0.1, 0.15) is 26.7 Å². The molecule has 1 saturated heterocycles. The third-order valence-electron chi connectivity index (χ3n) is 3.27. The minimum absolute atomic E-state index is 0.0656. The van der Waals surface area contributed by atoms with Crippen molar-refractivity contribution in [1.82, 2.24) is 9.80 Å². The Morgan fingerprint density at radius 3 is 2.75 bits per heavy atom. The summed E-state index contributed by atoms with van der Waals surface area (Å²) >= 11 is 0. The summed E-state index contributed by atoms with van der Waals surface area (Å²) in [6.07, 6.45) is 0.992. The zero-order valence-electron chi connectivity index (χ0n) is 10.1. The lowest BCUT2D eigenvalue weighted by Crippen LogP contribution is -2.57. The molecule has 1 amide bonds. The smallest absolute Gasteiger partial charge is 0.305 e. The Balaban J connectivity index is 2.68. The van der Waals surface area contributed by atoms with Crippen molar-refractivity contribution in [3.63, 3.8) is 0 Å². The van der Waals surface area contributed by atoms with Crippen LogP contribution in [0.4, 0.5) is 0 Å². The van der Waals surface area contributed by atoms with E-state index < -0.39 is 5.97 Å². The summed E-state index contributed by atoms with van der Waals surface area (Å²) in [4.78, 5) is 26.1. The lowest BCUT2D eigenvalue weighted by molar-refractivity contribution is -0.145. The molecule has 0 bridgehead atoms. The molecule has 0 radical (unpaired) electrons. The third-order valence-corrected chi connectivity index (χ3v) is 3.27. The van der Waals surface area contributed by atoms with Gasteiger partial charge < -0.3 is 10.0 Å². The molecule has 92 valence electrons. The minimum atomic E-state index is -0.810. The molecule has 0 aromatic carbocycles. The van der Waals surface area contributed by atoms with Crippen LogP contribution < -0.4 is 0 Å². The van der Waals surface area contributed by atoms with Crippen LogP contribution in [0.15, 0.2) is 0 Å². The number of carboxylic acid groups (broad SMARTS) is 1. The van der Waals surface area contributed by atoms with Gasteiger partial charge in [-0.1, -0.05) is 6.92 Å². The van der Waals surface area contributed by atoms with Gasteiger partial charge in [0.2, 0.25) is 5.91 Å². The van der Waals surface area contributed by atoms with E-state index >= 15 is 0 Å². The summed E-state index contributed by atoms with van der Waals surface area (Å²) in [5, 5.41) is 8.80. The molecule has 2 atom stereocenters. The van der Waals surface area contributed by atoms with Crippen LogP contribution in [0.3, 0.4) is 0 Å². The van der Waals surface area contributed by atoms with Gasteiger partial charge in [-0.05, 0) is 20.4 Å². The molecule has 1 aliphatic rings. The second-order valence-electron chi connectivity index (χ2n) is 4.47. The minimum Gasteiger partial charge on any atom is -0.481 e. The van der Waals surface area contributed by atoms with E-state index in [1.807, 2.05) is 18.7 Å². The first-order chi connectivity index (χ1) is 7.45. The summed E-state index contributed by atoms with van der Waals surface area (Å²) in [7, 11) is 1.81. The number of rotatable bonds is 4. The Morgan fingerprint density at radius 2 is 2.25 bits per heavy atom. The second-order valence-corrected chi connectivity index (χ2v) is 4.47. The molecule has 0 aromatic rings. The van der Waals surface area contributed by atoms with Gasteiger partial charge in [0, 0.05) is 18.6 Å². The van der Waals surface area contributed by atoms with E-state index in [1.165, 1.54) is 0 Å². The third kappa shape index (κ3) is 2.95. The molecule has 0 aromatic heterocycles. The molecule has 5 nitrogen and oxygen atoms in total. The van der Waals surface area contributed by atoms with Crippen molar-refractivity contribution in [2.75, 3.05) is 20.1 Å². The average molecular weight is 228 g/mol. The average Bonchev–Trinajstić information content (AvgIpc) is 2.20. The topological polar surface area (TPSA) is 60.9 Å². The number of carbonyl (C=O) groups is 2. The van der Waals surface area contributed by atoms with Crippen molar-refractivity contribution in [3.8, 4) is 0 Å². The fourth-order valence-electron chi connectivity index (χ4n) is 1.97. The van der Waals surface area contributed by atoms with Gasteiger partial charge in [0.1, 0.15) is 0 Å². The second kappa shape index (κ2) is 5.30. The first-order valence-corrected chi connectivity index (χ1v) is 5.67. The normalized spacial score (nSPS) is 24.6. The summed E-state index contributed by atoms with van der Waals surface area (Å²) in [6.45, 7) is 4.88. The number of aliphatic carboxylic acids is 1. The number of piperazine rings is 1. The van der Waals surface area contributed by atoms with Gasteiger partial charge in [-0.25, -0.2) is 0 Å². The van der Waals surface area contributed by atoms with Crippen molar-refractivity contribution in [2.45, 2.75) is 38.8 Å². The van der Waals surface area contributed by atoms with Crippen LogP contribution in [0.25, 0.3) is 0 Å². The summed E-state index contributed by atoms with van der Waals surface area (Å²) in [5.41, 5.74) is 0. The Hall–Kier alpha value is -1.10. The highest BCUT2D eigenvalue weighted by molar-refractivity contribution is 5.80. The predicted molar refractivity (Wildman–Crippen MR) is 60.1 cm³/mol. The molecule has 1 fully saturated rings. The summed E-state index contributed by atoms with van der Waals surface area (Å²) in [6, 6.07) is 0.127. The molecular formula is C11H20N2O3. The van der Waals surface area contributed by atoms with Gasteiger partial charge >= 0.3 is 5.97 Å². The van der Waals surface area contributed by atoms with E-state index in [0.717, 1.165) is 6.42 Å². The van der Waals surface area contributed by atoms with Gasteiger partial charge in [-0.3, -0.25) is 14.5 Å². The predicted octanol–water partition coefficient (Wildman–Crippen LogP) is 0.402. The maximum absolute atomic E-state index is 11.8. The number of likely N-dealkylation sites (N-methyl/N-ethyl adjacent to an activating group) is 1. The van der Waals surface area contributed by atoms with Crippen molar-refractivity contribution in [3.05, 3.63) is 0 Å². The van der Waals surface area contributed by atoms with Crippen molar-refractivity contribution in [1.29, 1.82) is 0 Å². The molecular weight excluding hydrogens is 208 g/mol. The van der Waals surface area contributed by atoms with Crippen LogP contribution in [0.2, 0.25) is 0 Å². The first-order valence-electron chi connectivity index (χ1n) is 5.67. The summed E-state index contributed by atoms with van der Waals surface area (Å²) in [5.74, 6) is -0.714. The van der Waals surface area contributed by atoms with Gasteiger partial charge in [0.25, 0.3) is 0 Å². The van der Waals surface area contributed by atoms with Gasteiger partial charge in [-0.2, -0.15) is 0 Å².